The Labute approximate surface area is 109 Å². The number of aromatic nitrogens is 1. The standard InChI is InChI=1S/C13H24N2O3/c1-12-13(11-14)3-4-15(12)5-6-17-9-10-18-8-7-16-2/h3-4H,5-11,14H2,1-2H3. The average molecular weight is 256 g/mol. The van der Waals surface area contributed by atoms with Gasteiger partial charge >= 0.3 is 0 Å². The smallest absolute Gasteiger partial charge is 0.0701 e. The Bertz CT molecular complexity index is 326. The van der Waals surface area contributed by atoms with E-state index in [4.69, 9.17) is 19.9 Å². The first kappa shape index (κ1) is 15.2. The van der Waals surface area contributed by atoms with Crippen molar-refractivity contribution in [1.82, 2.24) is 4.57 Å². The van der Waals surface area contributed by atoms with Crippen molar-refractivity contribution in [3.8, 4) is 0 Å². The largest absolute Gasteiger partial charge is 0.382 e. The highest BCUT2D eigenvalue weighted by Crippen LogP contribution is 2.08. The fraction of sp³-hybridized carbons (Fsp3) is 0.692. The highest BCUT2D eigenvalue weighted by Gasteiger charge is 2.02. The lowest BCUT2D eigenvalue weighted by molar-refractivity contribution is 0.0230. The molecule has 0 saturated heterocycles. The fourth-order valence-electron chi connectivity index (χ4n) is 1.68. The molecule has 0 aromatic carbocycles. The number of ether oxygens (including phenoxy) is 3. The molecule has 0 atom stereocenters. The van der Waals surface area contributed by atoms with Gasteiger partial charge in [-0.15, -0.1) is 0 Å². The third-order valence-corrected chi connectivity index (χ3v) is 2.85. The van der Waals surface area contributed by atoms with E-state index in [9.17, 15) is 0 Å². The minimum atomic E-state index is 0.590. The van der Waals surface area contributed by atoms with Gasteiger partial charge in [0.1, 0.15) is 0 Å². The number of methoxy groups -OCH3 is 1. The van der Waals surface area contributed by atoms with Crippen LogP contribution >= 0.6 is 0 Å². The van der Waals surface area contributed by atoms with Crippen LogP contribution in [0.25, 0.3) is 0 Å². The SMILES string of the molecule is COCCOCCOCCn1ccc(CN)c1C. The van der Waals surface area contributed by atoms with Gasteiger partial charge in [-0.1, -0.05) is 0 Å². The lowest BCUT2D eigenvalue weighted by Gasteiger charge is -2.08. The van der Waals surface area contributed by atoms with Crippen LogP contribution in [0.15, 0.2) is 12.3 Å². The van der Waals surface area contributed by atoms with Crippen LogP contribution in [0.1, 0.15) is 11.3 Å². The van der Waals surface area contributed by atoms with Crippen molar-refractivity contribution in [3.63, 3.8) is 0 Å². The van der Waals surface area contributed by atoms with Crippen molar-refractivity contribution in [3.05, 3.63) is 23.5 Å². The second kappa shape index (κ2) is 9.10. The van der Waals surface area contributed by atoms with E-state index in [1.807, 2.05) is 0 Å². The molecule has 0 aliphatic carbocycles. The lowest BCUT2D eigenvalue weighted by Crippen LogP contribution is -2.12. The van der Waals surface area contributed by atoms with Gasteiger partial charge in [-0.25, -0.2) is 0 Å². The molecule has 2 N–H and O–H groups in total. The molecule has 104 valence electrons. The molecule has 0 spiro atoms. The van der Waals surface area contributed by atoms with Gasteiger partial charge in [0.05, 0.1) is 33.0 Å². The number of nitrogens with two attached hydrogens (primary N) is 1. The summed E-state index contributed by atoms with van der Waals surface area (Å²) in [5, 5.41) is 0. The molecule has 0 amide bonds. The van der Waals surface area contributed by atoms with Gasteiger partial charge in [-0.3, -0.25) is 0 Å². The molecule has 0 aliphatic heterocycles. The second-order valence-electron chi connectivity index (χ2n) is 4.04. The van der Waals surface area contributed by atoms with Gasteiger partial charge in [0.25, 0.3) is 0 Å². The molecular formula is C13H24N2O3. The van der Waals surface area contributed by atoms with Crippen molar-refractivity contribution >= 4 is 0 Å². The average Bonchev–Trinajstić information content (AvgIpc) is 2.73. The molecule has 18 heavy (non-hydrogen) atoms. The van der Waals surface area contributed by atoms with Crippen LogP contribution in [0.4, 0.5) is 0 Å². The quantitative estimate of drug-likeness (QED) is 0.633. The lowest BCUT2D eigenvalue weighted by atomic mass is 10.2. The van der Waals surface area contributed by atoms with Crippen LogP contribution in [-0.4, -0.2) is 44.7 Å². The molecular weight excluding hydrogens is 232 g/mol. The maximum Gasteiger partial charge on any atom is 0.0701 e. The van der Waals surface area contributed by atoms with E-state index in [-0.39, 0.29) is 0 Å². The Morgan fingerprint density at radius 1 is 1.11 bits per heavy atom. The molecule has 0 radical (unpaired) electrons. The topological polar surface area (TPSA) is 58.6 Å². The van der Waals surface area contributed by atoms with Gasteiger partial charge in [0, 0.05) is 32.1 Å². The molecule has 0 aliphatic rings. The Kier molecular flexibility index (Phi) is 7.68. The molecule has 1 aromatic heterocycles. The predicted molar refractivity (Wildman–Crippen MR) is 70.6 cm³/mol. The molecule has 0 saturated carbocycles. The normalized spacial score (nSPS) is 11.1. The van der Waals surface area contributed by atoms with E-state index >= 15 is 0 Å². The summed E-state index contributed by atoms with van der Waals surface area (Å²) in [6.07, 6.45) is 2.05. The van der Waals surface area contributed by atoms with Crippen LogP contribution in [0.3, 0.4) is 0 Å². The number of nitrogens with zero attached hydrogens (tertiary/aromatic N) is 1. The first-order valence-electron chi connectivity index (χ1n) is 6.28. The molecule has 0 unspecified atom stereocenters. The highest BCUT2D eigenvalue weighted by atomic mass is 16.5. The van der Waals surface area contributed by atoms with Gasteiger partial charge in [0.15, 0.2) is 0 Å². The summed E-state index contributed by atoms with van der Waals surface area (Å²) in [6.45, 7) is 6.69. The molecule has 1 heterocycles. The number of hydrogen-bond acceptors (Lipinski definition) is 4. The minimum absolute atomic E-state index is 0.590. The zero-order valence-corrected chi connectivity index (χ0v) is 11.4. The van der Waals surface area contributed by atoms with Gasteiger partial charge in [0.2, 0.25) is 0 Å². The number of hydrogen-bond donors (Lipinski definition) is 1. The molecule has 0 bridgehead atoms. The van der Waals surface area contributed by atoms with Crippen LogP contribution in [0.5, 0.6) is 0 Å². The maximum absolute atomic E-state index is 5.63. The van der Waals surface area contributed by atoms with Crippen molar-refractivity contribution in [2.75, 3.05) is 40.1 Å². The summed E-state index contributed by atoms with van der Waals surface area (Å²) in [5.74, 6) is 0. The van der Waals surface area contributed by atoms with Crippen LogP contribution in [0.2, 0.25) is 0 Å². The van der Waals surface area contributed by atoms with E-state index in [0.717, 1.165) is 6.54 Å². The third-order valence-electron chi connectivity index (χ3n) is 2.85. The Morgan fingerprint density at radius 2 is 1.78 bits per heavy atom. The predicted octanol–water partition coefficient (Wildman–Crippen LogP) is 0.935. The summed E-state index contributed by atoms with van der Waals surface area (Å²) in [4.78, 5) is 0. The molecule has 5 heteroatoms. The van der Waals surface area contributed by atoms with Crippen molar-refractivity contribution in [2.24, 2.45) is 5.73 Å². The zero-order chi connectivity index (χ0) is 13.2. The van der Waals surface area contributed by atoms with Gasteiger partial charge in [-0.2, -0.15) is 0 Å². The fourth-order valence-corrected chi connectivity index (χ4v) is 1.68. The summed E-state index contributed by atoms with van der Waals surface area (Å²) >= 11 is 0. The molecule has 1 rings (SSSR count). The molecule has 1 aromatic rings. The Balaban J connectivity index is 2.05. The van der Waals surface area contributed by atoms with Crippen LogP contribution < -0.4 is 5.73 Å². The van der Waals surface area contributed by atoms with Crippen LogP contribution in [-0.2, 0) is 27.3 Å². The minimum Gasteiger partial charge on any atom is -0.382 e. The monoisotopic (exact) mass is 256 g/mol. The maximum atomic E-state index is 5.63. The van der Waals surface area contributed by atoms with E-state index < -0.39 is 0 Å². The van der Waals surface area contributed by atoms with Crippen molar-refractivity contribution in [1.29, 1.82) is 0 Å². The van der Waals surface area contributed by atoms with Crippen molar-refractivity contribution < 1.29 is 14.2 Å². The first-order valence-corrected chi connectivity index (χ1v) is 6.28. The van der Waals surface area contributed by atoms with Gasteiger partial charge in [-0.05, 0) is 18.6 Å². The molecule has 5 nitrogen and oxygen atoms in total. The number of rotatable bonds is 10. The van der Waals surface area contributed by atoms with Crippen LogP contribution in [0, 0.1) is 6.92 Å². The second-order valence-corrected chi connectivity index (χ2v) is 4.04. The van der Waals surface area contributed by atoms with Gasteiger partial charge < -0.3 is 24.5 Å². The summed E-state index contributed by atoms with van der Waals surface area (Å²) in [5.41, 5.74) is 8.04. The van der Waals surface area contributed by atoms with Crippen molar-refractivity contribution in [2.45, 2.75) is 20.0 Å². The Morgan fingerprint density at radius 3 is 2.39 bits per heavy atom. The zero-order valence-electron chi connectivity index (χ0n) is 11.4. The summed E-state index contributed by atoms with van der Waals surface area (Å²) in [6, 6.07) is 2.06. The summed E-state index contributed by atoms with van der Waals surface area (Å²) in [7, 11) is 1.66. The van der Waals surface area contributed by atoms with E-state index in [1.165, 1.54) is 11.3 Å². The Hall–Kier alpha value is -0.880. The highest BCUT2D eigenvalue weighted by molar-refractivity contribution is 5.20. The van der Waals surface area contributed by atoms with E-state index in [1.54, 1.807) is 7.11 Å². The first-order chi connectivity index (χ1) is 8.79. The van der Waals surface area contributed by atoms with E-state index in [0.29, 0.717) is 39.6 Å². The van der Waals surface area contributed by atoms with E-state index in [2.05, 4.69) is 23.8 Å². The summed E-state index contributed by atoms with van der Waals surface area (Å²) < 4.78 is 17.8. The molecule has 0 fully saturated rings. The third kappa shape index (κ3) is 5.18.